The summed E-state index contributed by atoms with van der Waals surface area (Å²) < 4.78 is 13.6. The molecule has 1 heterocycles. The summed E-state index contributed by atoms with van der Waals surface area (Å²) in [5.41, 5.74) is 3.77. The van der Waals surface area contributed by atoms with Gasteiger partial charge in [-0.05, 0) is 70.8 Å². The van der Waals surface area contributed by atoms with Gasteiger partial charge >= 0.3 is 0 Å². The molecule has 0 saturated carbocycles. The van der Waals surface area contributed by atoms with Crippen LogP contribution in [0.5, 0.6) is 5.75 Å². The summed E-state index contributed by atoms with van der Waals surface area (Å²) in [7, 11) is 0. The van der Waals surface area contributed by atoms with E-state index in [2.05, 4.69) is 12.0 Å². The van der Waals surface area contributed by atoms with Crippen LogP contribution in [0.2, 0.25) is 5.02 Å². The van der Waals surface area contributed by atoms with Crippen molar-refractivity contribution in [2.24, 2.45) is 5.92 Å². The van der Waals surface area contributed by atoms with Crippen LogP contribution >= 0.6 is 11.6 Å². The second-order valence-electron chi connectivity index (χ2n) is 9.82. The van der Waals surface area contributed by atoms with Crippen LogP contribution in [0, 0.1) is 11.7 Å². The van der Waals surface area contributed by atoms with Gasteiger partial charge in [0.15, 0.2) is 0 Å². The first-order valence-electron chi connectivity index (χ1n) is 12.6. The van der Waals surface area contributed by atoms with Crippen molar-refractivity contribution in [1.82, 2.24) is 5.01 Å². The van der Waals surface area contributed by atoms with Gasteiger partial charge in [0.25, 0.3) is 11.8 Å². The number of rotatable bonds is 5. The molecule has 39 heavy (non-hydrogen) atoms. The van der Waals surface area contributed by atoms with Gasteiger partial charge in [-0.2, -0.15) is 5.01 Å². The average Bonchev–Trinajstić information content (AvgIpc) is 3.16. The Hall–Kier alpha value is -4.42. The van der Waals surface area contributed by atoms with Crippen LogP contribution in [0.1, 0.15) is 23.5 Å². The Morgan fingerprint density at radius 1 is 1.00 bits per heavy atom. The maximum Gasteiger partial charge on any atom is 0.260 e. The Morgan fingerprint density at radius 3 is 2.44 bits per heavy atom. The molecule has 2 N–H and O–H groups in total. The topological polar surface area (TPSA) is 69.6 Å². The first kappa shape index (κ1) is 24.9. The molecule has 0 aromatic heterocycles. The van der Waals surface area contributed by atoms with Crippen molar-refractivity contribution in [2.45, 2.75) is 17.8 Å². The molecular weight excluding hydrogens is 515 g/mol. The smallest absolute Gasteiger partial charge is 0.260 e. The Labute approximate surface area is 229 Å². The molecule has 0 bridgehead atoms. The molecular formula is C32H24ClFN2O3. The lowest BCUT2D eigenvalue weighted by atomic mass is 9.55. The predicted molar refractivity (Wildman–Crippen MR) is 150 cm³/mol. The van der Waals surface area contributed by atoms with Gasteiger partial charge in [-0.15, -0.1) is 0 Å². The van der Waals surface area contributed by atoms with E-state index >= 15 is 0 Å². The quantitative estimate of drug-likeness (QED) is 0.271. The van der Waals surface area contributed by atoms with Crippen LogP contribution < -0.4 is 5.43 Å². The van der Waals surface area contributed by atoms with E-state index in [4.69, 9.17) is 11.6 Å². The van der Waals surface area contributed by atoms with Gasteiger partial charge in [0, 0.05) is 16.5 Å². The number of allylic oxidation sites excluding steroid dienone is 3. The number of nitrogens with one attached hydrogen (secondary N) is 1. The molecule has 1 fully saturated rings. The number of nitrogens with zero attached hydrogens (tertiary/aromatic N) is 1. The number of hydrazine groups is 1. The molecule has 1 aliphatic carbocycles. The second kappa shape index (κ2) is 9.40. The zero-order chi connectivity index (χ0) is 27.3. The molecule has 3 atom stereocenters. The number of hydrogen-bond donors (Lipinski definition) is 2. The monoisotopic (exact) mass is 538 g/mol. The largest absolute Gasteiger partial charge is 0.508 e. The number of halogens is 2. The van der Waals surface area contributed by atoms with Gasteiger partial charge in [0.05, 0.1) is 17.0 Å². The van der Waals surface area contributed by atoms with Crippen LogP contribution in [-0.2, 0) is 15.0 Å². The lowest BCUT2D eigenvalue weighted by Crippen LogP contribution is -2.48. The molecule has 4 aromatic rings. The molecule has 2 amide bonds. The van der Waals surface area contributed by atoms with E-state index in [0.717, 1.165) is 21.4 Å². The van der Waals surface area contributed by atoms with E-state index in [0.29, 0.717) is 21.8 Å². The number of phenolic OH excluding ortho intramolecular Hbond substituents is 1. The second-order valence-corrected chi connectivity index (χ2v) is 10.3. The molecule has 194 valence electrons. The minimum atomic E-state index is -1.42. The first-order valence-corrected chi connectivity index (χ1v) is 12.9. The highest BCUT2D eigenvalue weighted by atomic mass is 35.5. The van der Waals surface area contributed by atoms with Crippen LogP contribution in [0.15, 0.2) is 109 Å². The number of benzene rings is 4. The SMILES string of the molecule is C=CC1=CCC2C(=O)N(Nc3ccc(F)cc3)C(=O)C2(c2ccc(Cl)cc2)C1c1c(O)ccc2ccccc12. The fourth-order valence-electron chi connectivity index (χ4n) is 6.19. The third-order valence-electron chi connectivity index (χ3n) is 7.88. The van der Waals surface area contributed by atoms with Crippen LogP contribution in [-0.4, -0.2) is 21.9 Å². The van der Waals surface area contributed by atoms with Crippen molar-refractivity contribution in [2.75, 3.05) is 5.43 Å². The predicted octanol–water partition coefficient (Wildman–Crippen LogP) is 6.89. The molecule has 2 aliphatic rings. The first-order chi connectivity index (χ1) is 18.9. The normalized spacial score (nSPS) is 22.5. The summed E-state index contributed by atoms with van der Waals surface area (Å²) in [5.74, 6) is -2.83. The third-order valence-corrected chi connectivity index (χ3v) is 8.13. The number of hydrogen-bond acceptors (Lipinski definition) is 4. The van der Waals surface area contributed by atoms with Crippen LogP contribution in [0.4, 0.5) is 10.1 Å². The zero-order valence-corrected chi connectivity index (χ0v) is 21.5. The summed E-state index contributed by atoms with van der Waals surface area (Å²) in [6.07, 6.45) is 3.90. The third kappa shape index (κ3) is 3.74. The maximum absolute atomic E-state index is 14.7. The van der Waals surface area contributed by atoms with Crippen LogP contribution in [0.3, 0.4) is 0 Å². The highest BCUT2D eigenvalue weighted by Gasteiger charge is 2.66. The standard InChI is InChI=1S/C32H24ClFN2O3/c1-2-19-7-17-26-30(38)36(35-24-15-13-23(34)14-16-24)31(39)32(26,21-9-11-22(33)12-10-21)29(19)28-25-6-4-3-5-20(25)8-18-27(28)37/h2-16,18,26,29,35,37H,1,17H2. The van der Waals surface area contributed by atoms with Crippen molar-refractivity contribution in [1.29, 1.82) is 0 Å². The molecule has 3 unspecified atom stereocenters. The zero-order valence-electron chi connectivity index (χ0n) is 20.8. The fourth-order valence-corrected chi connectivity index (χ4v) is 6.32. The highest BCUT2D eigenvalue weighted by Crippen LogP contribution is 2.59. The van der Waals surface area contributed by atoms with E-state index in [1.807, 2.05) is 36.4 Å². The molecule has 5 nitrogen and oxygen atoms in total. The minimum absolute atomic E-state index is 0.0191. The molecule has 0 radical (unpaired) electrons. The Bertz CT molecular complexity index is 1670. The van der Waals surface area contributed by atoms with Gasteiger partial charge in [-0.1, -0.05) is 72.8 Å². The molecule has 7 heteroatoms. The molecule has 4 aromatic carbocycles. The Kier molecular flexibility index (Phi) is 6.00. The number of carbonyl (C=O) groups excluding carboxylic acids is 2. The van der Waals surface area contributed by atoms with Crippen molar-refractivity contribution in [3.8, 4) is 5.75 Å². The van der Waals surface area contributed by atoms with Gasteiger partial charge in [-0.3, -0.25) is 15.0 Å². The number of phenols is 1. The molecule has 6 rings (SSSR count). The number of fused-ring (bicyclic) bond motifs is 2. The van der Waals surface area contributed by atoms with Crippen molar-refractivity contribution in [3.05, 3.63) is 131 Å². The lowest BCUT2D eigenvalue weighted by molar-refractivity contribution is -0.138. The van der Waals surface area contributed by atoms with E-state index in [1.165, 1.54) is 24.3 Å². The lowest BCUT2D eigenvalue weighted by Gasteiger charge is -2.43. The Balaban J connectivity index is 1.64. The maximum atomic E-state index is 14.7. The number of imide groups is 1. The highest BCUT2D eigenvalue weighted by molar-refractivity contribution is 6.30. The Morgan fingerprint density at radius 2 is 1.72 bits per heavy atom. The number of aromatic hydroxyl groups is 1. The van der Waals surface area contributed by atoms with E-state index < -0.39 is 34.9 Å². The van der Waals surface area contributed by atoms with Crippen molar-refractivity contribution < 1.29 is 19.1 Å². The molecule has 0 spiro atoms. The molecule has 1 aliphatic heterocycles. The van der Waals surface area contributed by atoms with Gasteiger partial charge in [0.2, 0.25) is 0 Å². The van der Waals surface area contributed by atoms with E-state index in [-0.39, 0.29) is 12.2 Å². The van der Waals surface area contributed by atoms with Gasteiger partial charge < -0.3 is 5.11 Å². The number of anilines is 1. The minimum Gasteiger partial charge on any atom is -0.508 e. The van der Waals surface area contributed by atoms with Gasteiger partial charge in [-0.25, -0.2) is 4.39 Å². The summed E-state index contributed by atoms with van der Waals surface area (Å²) in [4.78, 5) is 28.7. The number of amides is 2. The van der Waals surface area contributed by atoms with Crippen molar-refractivity contribution >= 4 is 39.9 Å². The average molecular weight is 539 g/mol. The molecule has 1 saturated heterocycles. The fraction of sp³-hybridized carbons (Fsp3) is 0.125. The van der Waals surface area contributed by atoms with E-state index in [9.17, 15) is 19.1 Å². The summed E-state index contributed by atoms with van der Waals surface area (Å²) in [5, 5.41) is 14.5. The summed E-state index contributed by atoms with van der Waals surface area (Å²) >= 11 is 6.24. The summed E-state index contributed by atoms with van der Waals surface area (Å²) in [6, 6.07) is 23.4. The van der Waals surface area contributed by atoms with Gasteiger partial charge in [0.1, 0.15) is 11.6 Å². The van der Waals surface area contributed by atoms with E-state index in [1.54, 1.807) is 36.4 Å². The van der Waals surface area contributed by atoms with Crippen molar-refractivity contribution in [3.63, 3.8) is 0 Å². The summed E-state index contributed by atoms with van der Waals surface area (Å²) in [6.45, 7) is 4.03. The number of carbonyl (C=O) groups is 2. The van der Waals surface area contributed by atoms with Crippen LogP contribution in [0.25, 0.3) is 10.8 Å².